The summed E-state index contributed by atoms with van der Waals surface area (Å²) in [6.07, 6.45) is 50.9. The van der Waals surface area contributed by atoms with Gasteiger partial charge in [-0.1, -0.05) is 212 Å². The summed E-state index contributed by atoms with van der Waals surface area (Å²) in [6, 6.07) is -0.617. The zero-order chi connectivity index (χ0) is 44.9. The van der Waals surface area contributed by atoms with E-state index >= 15 is 0 Å². The Morgan fingerprint density at radius 1 is 0.492 bits per heavy atom. The second kappa shape index (κ2) is 44.4. The Hall–Kier alpha value is -2.19. The van der Waals surface area contributed by atoms with Gasteiger partial charge in [-0.25, -0.2) is 4.79 Å². The number of quaternary nitrogens is 1. The second-order valence-electron chi connectivity index (χ2n) is 18.8. The SMILES string of the molecule is CCCCCCCCC/C=C/C=C/CCCCCC(=O)OC(COCCC(C(=O)O)[N+](C)(C)C)COC(=O)CCCCCCCCCCCCCCCCCCCCCCC. The molecule has 0 saturated carbocycles. The average Bonchev–Trinajstić information content (AvgIpc) is 3.22. The number of carbonyl (C=O) groups is 3. The number of esters is 2. The van der Waals surface area contributed by atoms with Crippen LogP contribution in [0.2, 0.25) is 0 Å². The van der Waals surface area contributed by atoms with E-state index in [9.17, 15) is 19.5 Å². The van der Waals surface area contributed by atoms with Gasteiger partial charge in [-0.15, -0.1) is 0 Å². The van der Waals surface area contributed by atoms with Crippen molar-refractivity contribution in [1.82, 2.24) is 0 Å². The first-order chi connectivity index (χ1) is 29.6. The fourth-order valence-corrected chi connectivity index (χ4v) is 7.85. The third-order valence-electron chi connectivity index (χ3n) is 11.9. The van der Waals surface area contributed by atoms with Crippen molar-refractivity contribution in [3.63, 3.8) is 0 Å². The maximum absolute atomic E-state index is 12.8. The Balaban J connectivity index is 4.22. The molecule has 0 heterocycles. The zero-order valence-electron chi connectivity index (χ0n) is 40.9. The van der Waals surface area contributed by atoms with Crippen molar-refractivity contribution < 1.29 is 38.2 Å². The summed E-state index contributed by atoms with van der Waals surface area (Å²) in [5.74, 6) is -1.48. The van der Waals surface area contributed by atoms with Gasteiger partial charge >= 0.3 is 17.9 Å². The fourth-order valence-electron chi connectivity index (χ4n) is 7.85. The molecule has 0 aliphatic rings. The standard InChI is InChI=1S/C53H99NO7/c1-6-8-10-12-14-16-18-20-22-24-25-26-27-28-30-31-33-35-37-39-41-43-51(55)60-48-49(47-59-46-45-50(53(57)58)54(3,4)5)61-52(56)44-42-40-38-36-34-32-29-23-21-19-17-15-13-11-9-7-2/h23,29,32,34,49-50H,6-22,24-28,30-31,33,35-48H2,1-5H3/p+1/b29-23+,34-32+. The van der Waals surface area contributed by atoms with Crippen LogP contribution >= 0.6 is 0 Å². The fraction of sp³-hybridized carbons (Fsp3) is 0.868. The van der Waals surface area contributed by atoms with Crippen LogP contribution < -0.4 is 0 Å². The molecule has 61 heavy (non-hydrogen) atoms. The molecular formula is C53H100NO7+. The summed E-state index contributed by atoms with van der Waals surface area (Å²) >= 11 is 0. The Morgan fingerprint density at radius 3 is 1.25 bits per heavy atom. The summed E-state index contributed by atoms with van der Waals surface area (Å²) < 4.78 is 17.3. The molecule has 0 aliphatic carbocycles. The smallest absolute Gasteiger partial charge is 0.362 e. The maximum Gasteiger partial charge on any atom is 0.362 e. The van der Waals surface area contributed by atoms with E-state index < -0.39 is 18.1 Å². The largest absolute Gasteiger partial charge is 0.477 e. The van der Waals surface area contributed by atoms with E-state index in [0.717, 1.165) is 51.4 Å². The number of ether oxygens (including phenoxy) is 3. The van der Waals surface area contributed by atoms with E-state index in [0.29, 0.717) is 19.3 Å². The number of carboxylic acid groups (broad SMARTS) is 1. The predicted molar refractivity (Wildman–Crippen MR) is 257 cm³/mol. The van der Waals surface area contributed by atoms with Crippen molar-refractivity contribution >= 4 is 17.9 Å². The summed E-state index contributed by atoms with van der Waals surface area (Å²) in [4.78, 5) is 37.1. The predicted octanol–water partition coefficient (Wildman–Crippen LogP) is 14.8. The van der Waals surface area contributed by atoms with Crippen molar-refractivity contribution in [3.8, 4) is 0 Å². The number of nitrogens with zero attached hydrogens (tertiary/aromatic N) is 1. The molecular weight excluding hydrogens is 763 g/mol. The Kier molecular flexibility index (Phi) is 42.8. The van der Waals surface area contributed by atoms with E-state index in [2.05, 4.69) is 38.2 Å². The molecule has 0 fully saturated rings. The van der Waals surface area contributed by atoms with Crippen LogP contribution in [0.15, 0.2) is 24.3 Å². The van der Waals surface area contributed by atoms with Gasteiger partial charge in [-0.3, -0.25) is 9.59 Å². The number of rotatable bonds is 47. The highest BCUT2D eigenvalue weighted by atomic mass is 16.6. The van der Waals surface area contributed by atoms with Gasteiger partial charge in [0.15, 0.2) is 12.1 Å². The summed E-state index contributed by atoms with van der Waals surface area (Å²) in [5.41, 5.74) is 0. The Morgan fingerprint density at radius 2 is 0.852 bits per heavy atom. The molecule has 0 aromatic rings. The lowest BCUT2D eigenvalue weighted by Crippen LogP contribution is -2.50. The molecule has 0 rings (SSSR count). The van der Waals surface area contributed by atoms with Crippen LogP contribution in [-0.4, -0.2) is 80.6 Å². The molecule has 358 valence electrons. The van der Waals surface area contributed by atoms with Crippen molar-refractivity contribution in [2.24, 2.45) is 0 Å². The van der Waals surface area contributed by atoms with Crippen LogP contribution in [0.1, 0.15) is 245 Å². The number of aliphatic carboxylic acids is 1. The highest BCUT2D eigenvalue weighted by Crippen LogP contribution is 2.16. The van der Waals surface area contributed by atoms with Gasteiger partial charge in [-0.05, 0) is 38.5 Å². The number of unbranched alkanes of at least 4 members (excludes halogenated alkanes) is 30. The lowest BCUT2D eigenvalue weighted by Gasteiger charge is -2.31. The van der Waals surface area contributed by atoms with Crippen molar-refractivity contribution in [2.45, 2.75) is 257 Å². The summed E-state index contributed by atoms with van der Waals surface area (Å²) in [5, 5.41) is 9.65. The van der Waals surface area contributed by atoms with E-state index in [-0.39, 0.29) is 36.2 Å². The van der Waals surface area contributed by atoms with Gasteiger partial charge in [0.25, 0.3) is 0 Å². The van der Waals surface area contributed by atoms with Crippen LogP contribution in [0.5, 0.6) is 0 Å². The van der Waals surface area contributed by atoms with Gasteiger partial charge in [-0.2, -0.15) is 0 Å². The molecule has 0 aromatic heterocycles. The monoisotopic (exact) mass is 863 g/mol. The van der Waals surface area contributed by atoms with Crippen LogP contribution in [0.3, 0.4) is 0 Å². The minimum atomic E-state index is -0.876. The van der Waals surface area contributed by atoms with Crippen LogP contribution in [-0.2, 0) is 28.6 Å². The first-order valence-corrected chi connectivity index (χ1v) is 25.9. The minimum Gasteiger partial charge on any atom is -0.477 e. The summed E-state index contributed by atoms with van der Waals surface area (Å²) in [7, 11) is 5.53. The molecule has 0 aliphatic heterocycles. The molecule has 0 amide bonds. The highest BCUT2D eigenvalue weighted by Gasteiger charge is 2.31. The van der Waals surface area contributed by atoms with E-state index in [1.54, 1.807) is 0 Å². The number of hydrogen-bond acceptors (Lipinski definition) is 6. The maximum atomic E-state index is 12.8. The van der Waals surface area contributed by atoms with Crippen LogP contribution in [0, 0.1) is 0 Å². The summed E-state index contributed by atoms with van der Waals surface area (Å²) in [6.45, 7) is 4.74. The third kappa shape index (κ3) is 42.9. The molecule has 0 bridgehead atoms. The van der Waals surface area contributed by atoms with Crippen LogP contribution in [0.4, 0.5) is 0 Å². The number of carboxylic acids is 1. The number of allylic oxidation sites excluding steroid dienone is 4. The molecule has 0 spiro atoms. The third-order valence-corrected chi connectivity index (χ3v) is 11.9. The molecule has 8 heteroatoms. The molecule has 8 nitrogen and oxygen atoms in total. The zero-order valence-corrected chi connectivity index (χ0v) is 40.9. The first-order valence-electron chi connectivity index (χ1n) is 25.9. The lowest BCUT2D eigenvalue weighted by molar-refractivity contribution is -0.887. The molecule has 0 saturated heterocycles. The Labute approximate surface area is 377 Å². The molecule has 0 radical (unpaired) electrons. The van der Waals surface area contributed by atoms with E-state index in [1.165, 1.54) is 161 Å². The quantitative estimate of drug-likeness (QED) is 0.0281. The van der Waals surface area contributed by atoms with Gasteiger partial charge in [0.2, 0.25) is 0 Å². The van der Waals surface area contributed by atoms with Gasteiger partial charge in [0, 0.05) is 19.3 Å². The topological polar surface area (TPSA) is 99.1 Å². The van der Waals surface area contributed by atoms with E-state index in [4.69, 9.17) is 14.2 Å². The number of carbonyl (C=O) groups excluding carboxylic acids is 2. The molecule has 2 unspecified atom stereocenters. The number of likely N-dealkylation sites (N-methyl/N-ethyl adjacent to an activating group) is 1. The average molecular weight is 863 g/mol. The van der Waals surface area contributed by atoms with Gasteiger partial charge in [0.1, 0.15) is 6.61 Å². The number of hydrogen-bond donors (Lipinski definition) is 1. The molecule has 1 N–H and O–H groups in total. The first kappa shape index (κ1) is 58.8. The minimum absolute atomic E-state index is 0.0547. The highest BCUT2D eigenvalue weighted by molar-refractivity contribution is 5.72. The van der Waals surface area contributed by atoms with Crippen LogP contribution in [0.25, 0.3) is 0 Å². The second-order valence-corrected chi connectivity index (χ2v) is 18.8. The normalized spacial score (nSPS) is 13.0. The van der Waals surface area contributed by atoms with Crippen molar-refractivity contribution in [2.75, 3.05) is 41.0 Å². The van der Waals surface area contributed by atoms with Gasteiger partial charge in [0.05, 0.1) is 34.4 Å². The Bertz CT molecular complexity index is 1050. The van der Waals surface area contributed by atoms with Crippen molar-refractivity contribution in [3.05, 3.63) is 24.3 Å². The molecule has 2 atom stereocenters. The van der Waals surface area contributed by atoms with E-state index in [1.807, 2.05) is 21.1 Å². The van der Waals surface area contributed by atoms with Gasteiger partial charge < -0.3 is 23.8 Å². The lowest BCUT2D eigenvalue weighted by atomic mass is 10.0. The van der Waals surface area contributed by atoms with Crippen molar-refractivity contribution in [1.29, 1.82) is 0 Å². The molecule has 0 aromatic carbocycles.